The van der Waals surface area contributed by atoms with Crippen LogP contribution >= 0.6 is 28.3 Å². The lowest BCUT2D eigenvalue weighted by atomic mass is 9.99. The van der Waals surface area contributed by atoms with Gasteiger partial charge in [0.2, 0.25) is 5.91 Å². The predicted octanol–water partition coefficient (Wildman–Crippen LogP) is 2.17. The van der Waals surface area contributed by atoms with Crippen molar-refractivity contribution in [2.75, 3.05) is 26.2 Å². The van der Waals surface area contributed by atoms with Crippen LogP contribution in [0.3, 0.4) is 0 Å². The van der Waals surface area contributed by atoms with Crippen molar-refractivity contribution in [1.29, 1.82) is 0 Å². The zero-order chi connectivity index (χ0) is 14.7. The third-order valence-electron chi connectivity index (χ3n) is 4.41. The largest absolute Gasteiger partial charge is 0.353 e. The summed E-state index contributed by atoms with van der Waals surface area (Å²) >= 11 is 3.47. The first-order valence-electron chi connectivity index (χ1n) is 7.68. The number of nitrogens with one attached hydrogen (secondary N) is 2. The first-order chi connectivity index (χ1) is 10.2. The first-order valence-corrected chi connectivity index (χ1v) is 8.48. The van der Waals surface area contributed by atoms with E-state index in [4.69, 9.17) is 0 Å². The molecule has 2 aliphatic heterocycles. The molecule has 0 unspecified atom stereocenters. The van der Waals surface area contributed by atoms with Gasteiger partial charge in [0, 0.05) is 43.2 Å². The molecule has 0 atom stereocenters. The Morgan fingerprint density at radius 1 is 1.23 bits per heavy atom. The van der Waals surface area contributed by atoms with E-state index in [1.54, 1.807) is 0 Å². The zero-order valence-corrected chi connectivity index (χ0v) is 15.0. The Balaban J connectivity index is 0.00000176. The Hall–Kier alpha value is -0.620. The lowest BCUT2D eigenvalue weighted by molar-refractivity contribution is -0.127. The molecule has 0 radical (unpaired) electrons. The van der Waals surface area contributed by atoms with Crippen molar-refractivity contribution in [2.45, 2.75) is 25.4 Å². The second-order valence-corrected chi connectivity index (χ2v) is 6.96. The molecule has 1 aromatic rings. The molecule has 1 aromatic carbocycles. The van der Waals surface area contributed by atoms with Gasteiger partial charge >= 0.3 is 0 Å². The van der Waals surface area contributed by atoms with Crippen LogP contribution in [0.2, 0.25) is 0 Å². The smallest absolute Gasteiger partial charge is 0.225 e. The average Bonchev–Trinajstić information content (AvgIpc) is 2.41. The van der Waals surface area contributed by atoms with Gasteiger partial charge in [-0.1, -0.05) is 28.1 Å². The molecule has 0 spiro atoms. The maximum atomic E-state index is 11.9. The summed E-state index contributed by atoms with van der Waals surface area (Å²) in [6, 6.07) is 8.88. The van der Waals surface area contributed by atoms with E-state index in [-0.39, 0.29) is 24.2 Å². The number of carbonyl (C=O) groups excluding carboxylic acids is 1. The van der Waals surface area contributed by atoms with Gasteiger partial charge in [-0.15, -0.1) is 12.4 Å². The van der Waals surface area contributed by atoms with Crippen LogP contribution in [0.25, 0.3) is 0 Å². The minimum Gasteiger partial charge on any atom is -0.353 e. The molecule has 22 heavy (non-hydrogen) atoms. The molecule has 0 bridgehead atoms. The predicted molar refractivity (Wildman–Crippen MR) is 94.2 cm³/mol. The van der Waals surface area contributed by atoms with E-state index in [0.717, 1.165) is 50.0 Å². The van der Waals surface area contributed by atoms with Crippen molar-refractivity contribution < 1.29 is 4.79 Å². The molecule has 2 aliphatic rings. The summed E-state index contributed by atoms with van der Waals surface area (Å²) in [6.45, 7) is 4.80. The van der Waals surface area contributed by atoms with Crippen molar-refractivity contribution in [2.24, 2.45) is 5.92 Å². The maximum Gasteiger partial charge on any atom is 0.225 e. The summed E-state index contributed by atoms with van der Waals surface area (Å²) in [5, 5.41) is 6.35. The highest BCUT2D eigenvalue weighted by Gasteiger charge is 2.28. The van der Waals surface area contributed by atoms with Crippen molar-refractivity contribution in [3.05, 3.63) is 34.3 Å². The molecule has 0 saturated carbocycles. The van der Waals surface area contributed by atoms with E-state index >= 15 is 0 Å². The van der Waals surface area contributed by atoms with Crippen LogP contribution in [0.1, 0.15) is 18.4 Å². The van der Waals surface area contributed by atoms with E-state index in [2.05, 4.69) is 55.7 Å². The number of hydrogen-bond donors (Lipinski definition) is 2. The Morgan fingerprint density at radius 2 is 1.86 bits per heavy atom. The number of amides is 1. The monoisotopic (exact) mass is 387 g/mol. The number of nitrogens with zero attached hydrogens (tertiary/aromatic N) is 1. The molecule has 122 valence electrons. The summed E-state index contributed by atoms with van der Waals surface area (Å²) in [6.07, 6.45) is 2.12. The molecule has 2 heterocycles. The van der Waals surface area contributed by atoms with Gasteiger partial charge < -0.3 is 10.6 Å². The van der Waals surface area contributed by atoms with Gasteiger partial charge in [0.1, 0.15) is 0 Å². The van der Waals surface area contributed by atoms with Crippen molar-refractivity contribution in [3.8, 4) is 0 Å². The fraction of sp³-hybridized carbons (Fsp3) is 0.562. The lowest BCUT2D eigenvalue weighted by Gasteiger charge is -2.34. The molecule has 1 amide bonds. The number of halogens is 2. The van der Waals surface area contributed by atoms with Gasteiger partial charge in [-0.05, 0) is 30.5 Å². The third-order valence-corrected chi connectivity index (χ3v) is 4.93. The van der Waals surface area contributed by atoms with E-state index in [1.807, 2.05) is 0 Å². The summed E-state index contributed by atoms with van der Waals surface area (Å²) in [7, 11) is 0. The standard InChI is InChI=1S/C16H22BrN3O.ClH/c17-14-3-1-12(2-4-14)11-20-7-5-15(6-8-20)19-16(21)13-9-18-10-13;/h1-4,13,15,18H,5-11H2,(H,19,21);1H. The Bertz CT molecular complexity index is 485. The molecule has 3 rings (SSSR count). The van der Waals surface area contributed by atoms with Crippen LogP contribution in [-0.4, -0.2) is 43.0 Å². The van der Waals surface area contributed by atoms with Crippen LogP contribution in [0.4, 0.5) is 0 Å². The van der Waals surface area contributed by atoms with Gasteiger partial charge in [-0.2, -0.15) is 0 Å². The molecule has 4 nitrogen and oxygen atoms in total. The van der Waals surface area contributed by atoms with Gasteiger partial charge in [-0.3, -0.25) is 9.69 Å². The topological polar surface area (TPSA) is 44.4 Å². The fourth-order valence-electron chi connectivity index (χ4n) is 2.88. The molecule has 0 aliphatic carbocycles. The third kappa shape index (κ3) is 4.69. The molecule has 2 fully saturated rings. The first kappa shape index (κ1) is 17.7. The van der Waals surface area contributed by atoms with Gasteiger partial charge in [0.15, 0.2) is 0 Å². The van der Waals surface area contributed by atoms with E-state index in [0.29, 0.717) is 6.04 Å². The number of carbonyl (C=O) groups is 1. The lowest BCUT2D eigenvalue weighted by Crippen LogP contribution is -2.54. The summed E-state index contributed by atoms with van der Waals surface area (Å²) < 4.78 is 1.12. The molecule has 2 N–H and O–H groups in total. The molecule has 0 aromatic heterocycles. The Labute approximate surface area is 146 Å². The number of piperidine rings is 1. The highest BCUT2D eigenvalue weighted by molar-refractivity contribution is 9.10. The summed E-state index contributed by atoms with van der Waals surface area (Å²) in [5.41, 5.74) is 1.35. The van der Waals surface area contributed by atoms with Crippen LogP contribution in [0, 0.1) is 5.92 Å². The Morgan fingerprint density at radius 3 is 2.41 bits per heavy atom. The van der Waals surface area contributed by atoms with Crippen LogP contribution in [-0.2, 0) is 11.3 Å². The van der Waals surface area contributed by atoms with Crippen LogP contribution < -0.4 is 10.6 Å². The second kappa shape index (κ2) is 8.29. The molecular weight excluding hydrogens is 366 g/mol. The quantitative estimate of drug-likeness (QED) is 0.831. The molecular formula is C16H23BrClN3O. The van der Waals surface area contributed by atoms with Crippen molar-refractivity contribution in [1.82, 2.24) is 15.5 Å². The molecule has 6 heteroatoms. The fourth-order valence-corrected chi connectivity index (χ4v) is 3.14. The maximum absolute atomic E-state index is 11.9. The summed E-state index contributed by atoms with van der Waals surface area (Å²) in [5.74, 6) is 0.436. The number of benzene rings is 1. The van der Waals surface area contributed by atoms with Crippen LogP contribution in [0.5, 0.6) is 0 Å². The highest BCUT2D eigenvalue weighted by atomic mass is 79.9. The second-order valence-electron chi connectivity index (χ2n) is 6.04. The van der Waals surface area contributed by atoms with Gasteiger partial charge in [-0.25, -0.2) is 0 Å². The minimum absolute atomic E-state index is 0. The van der Waals surface area contributed by atoms with Crippen molar-refractivity contribution in [3.63, 3.8) is 0 Å². The Kier molecular flexibility index (Phi) is 6.68. The van der Waals surface area contributed by atoms with Crippen LogP contribution in [0.15, 0.2) is 28.7 Å². The molecule has 2 saturated heterocycles. The van der Waals surface area contributed by atoms with E-state index in [9.17, 15) is 4.79 Å². The van der Waals surface area contributed by atoms with Gasteiger partial charge in [0.05, 0.1) is 5.92 Å². The number of rotatable bonds is 4. The van der Waals surface area contributed by atoms with Crippen molar-refractivity contribution >= 4 is 34.2 Å². The highest BCUT2D eigenvalue weighted by Crippen LogP contribution is 2.16. The number of hydrogen-bond acceptors (Lipinski definition) is 3. The normalized spacial score (nSPS) is 20.0. The zero-order valence-electron chi connectivity index (χ0n) is 12.6. The van der Waals surface area contributed by atoms with E-state index < -0.39 is 0 Å². The van der Waals surface area contributed by atoms with E-state index in [1.165, 1.54) is 5.56 Å². The SMILES string of the molecule is Cl.O=C(NC1CCN(Cc2ccc(Br)cc2)CC1)C1CNC1. The summed E-state index contributed by atoms with van der Waals surface area (Å²) in [4.78, 5) is 14.4. The minimum atomic E-state index is 0. The average molecular weight is 389 g/mol. The number of likely N-dealkylation sites (tertiary alicyclic amines) is 1. The van der Waals surface area contributed by atoms with Gasteiger partial charge in [0.25, 0.3) is 0 Å².